The highest BCUT2D eigenvalue weighted by Crippen LogP contribution is 2.32. The molecule has 0 amide bonds. The van der Waals surface area contributed by atoms with Crippen molar-refractivity contribution in [3.05, 3.63) is 22.4 Å². The Bertz CT molecular complexity index is 328. The van der Waals surface area contributed by atoms with Gasteiger partial charge in [0.05, 0.1) is 12.7 Å². The lowest BCUT2D eigenvalue weighted by Crippen LogP contribution is -2.36. The lowest BCUT2D eigenvalue weighted by atomic mass is 10.00. The zero-order valence-corrected chi connectivity index (χ0v) is 11.3. The van der Waals surface area contributed by atoms with Gasteiger partial charge in [-0.05, 0) is 41.7 Å². The Morgan fingerprint density at radius 2 is 2.47 bits per heavy atom. The highest BCUT2D eigenvalue weighted by Gasteiger charge is 2.31. The van der Waals surface area contributed by atoms with Gasteiger partial charge in [0, 0.05) is 26.2 Å². The van der Waals surface area contributed by atoms with Crippen LogP contribution in [0.4, 0.5) is 0 Å². The third-order valence-corrected chi connectivity index (χ3v) is 4.22. The summed E-state index contributed by atoms with van der Waals surface area (Å²) < 4.78 is 4.97. The van der Waals surface area contributed by atoms with E-state index >= 15 is 0 Å². The minimum absolute atomic E-state index is 0.372. The van der Waals surface area contributed by atoms with Crippen molar-refractivity contribution in [1.82, 2.24) is 4.90 Å². The molecule has 4 heteroatoms. The maximum atomic E-state index is 9.78. The largest absolute Gasteiger partial charge is 0.389 e. The Morgan fingerprint density at radius 1 is 1.65 bits per heavy atom. The molecule has 96 valence electrons. The first kappa shape index (κ1) is 13.0. The van der Waals surface area contributed by atoms with Crippen LogP contribution in [-0.2, 0) is 4.74 Å². The predicted molar refractivity (Wildman–Crippen MR) is 70.6 cm³/mol. The molecule has 1 N–H and O–H groups in total. The molecule has 1 aliphatic heterocycles. The minimum atomic E-state index is -0.372. The Morgan fingerprint density at radius 3 is 3.12 bits per heavy atom. The van der Waals surface area contributed by atoms with Crippen molar-refractivity contribution in [2.75, 3.05) is 26.8 Å². The number of aliphatic hydroxyl groups excluding tert-OH is 1. The number of thiophene rings is 1. The van der Waals surface area contributed by atoms with E-state index in [2.05, 4.69) is 28.7 Å². The first-order valence-electron chi connectivity index (χ1n) is 6.14. The van der Waals surface area contributed by atoms with Crippen LogP contribution >= 0.6 is 11.3 Å². The number of rotatable bonds is 5. The molecule has 17 heavy (non-hydrogen) atoms. The molecule has 1 fully saturated rings. The molecule has 1 saturated heterocycles. The van der Waals surface area contributed by atoms with Crippen LogP contribution in [0.15, 0.2) is 16.8 Å². The van der Waals surface area contributed by atoms with Crippen LogP contribution in [0.3, 0.4) is 0 Å². The molecular weight excluding hydrogens is 234 g/mol. The van der Waals surface area contributed by atoms with Crippen molar-refractivity contribution >= 4 is 11.3 Å². The molecule has 0 unspecified atom stereocenters. The van der Waals surface area contributed by atoms with E-state index in [1.165, 1.54) is 12.0 Å². The third-order valence-electron chi connectivity index (χ3n) is 3.52. The number of β-amino-alcohol motifs (C(OH)–C–C–N with tert-alkyl or cyclic N) is 1. The number of aliphatic hydroxyl groups is 1. The summed E-state index contributed by atoms with van der Waals surface area (Å²) in [5.74, 6) is 0.631. The molecule has 1 aromatic heterocycles. The first-order valence-corrected chi connectivity index (χ1v) is 7.08. The number of hydrogen-bond donors (Lipinski definition) is 1. The molecule has 0 spiro atoms. The van der Waals surface area contributed by atoms with Crippen LogP contribution in [-0.4, -0.2) is 49.0 Å². The van der Waals surface area contributed by atoms with Gasteiger partial charge in [0.25, 0.3) is 0 Å². The van der Waals surface area contributed by atoms with Crippen LogP contribution in [0.2, 0.25) is 0 Å². The van der Waals surface area contributed by atoms with Gasteiger partial charge in [-0.3, -0.25) is 4.90 Å². The van der Waals surface area contributed by atoms with Gasteiger partial charge in [-0.1, -0.05) is 0 Å². The van der Waals surface area contributed by atoms with Gasteiger partial charge in [-0.15, -0.1) is 0 Å². The minimum Gasteiger partial charge on any atom is -0.389 e. The number of likely N-dealkylation sites (tertiary alicyclic amines) is 1. The number of nitrogens with zero attached hydrogens (tertiary/aromatic N) is 1. The van der Waals surface area contributed by atoms with E-state index in [-0.39, 0.29) is 6.10 Å². The van der Waals surface area contributed by atoms with Crippen molar-refractivity contribution in [3.63, 3.8) is 0 Å². The maximum Gasteiger partial charge on any atom is 0.0900 e. The summed E-state index contributed by atoms with van der Waals surface area (Å²) in [6, 6.07) is 2.77. The quantitative estimate of drug-likeness (QED) is 0.872. The highest BCUT2D eigenvalue weighted by molar-refractivity contribution is 7.07. The monoisotopic (exact) mass is 255 g/mol. The zero-order valence-electron chi connectivity index (χ0n) is 10.5. The smallest absolute Gasteiger partial charge is 0.0900 e. The van der Waals surface area contributed by atoms with Gasteiger partial charge < -0.3 is 9.84 Å². The fourth-order valence-corrected chi connectivity index (χ4v) is 3.36. The van der Waals surface area contributed by atoms with Crippen molar-refractivity contribution in [3.8, 4) is 0 Å². The van der Waals surface area contributed by atoms with Gasteiger partial charge in [0.1, 0.15) is 0 Å². The number of hydrogen-bond acceptors (Lipinski definition) is 4. The van der Waals surface area contributed by atoms with Gasteiger partial charge >= 0.3 is 0 Å². The molecule has 2 heterocycles. The van der Waals surface area contributed by atoms with E-state index in [1.54, 1.807) is 18.4 Å². The SMILES string of the molecule is COC[C@H](O)CN1C[C@@H](c2ccsc2)C[C@H]1C. The summed E-state index contributed by atoms with van der Waals surface area (Å²) in [6.45, 7) is 4.44. The van der Waals surface area contributed by atoms with Crippen molar-refractivity contribution in [1.29, 1.82) is 0 Å². The summed E-state index contributed by atoms with van der Waals surface area (Å²) in [6.07, 6.45) is 0.819. The molecule has 0 aliphatic carbocycles. The molecular formula is C13H21NO2S. The zero-order chi connectivity index (χ0) is 12.3. The maximum absolute atomic E-state index is 9.78. The lowest BCUT2D eigenvalue weighted by molar-refractivity contribution is 0.0360. The van der Waals surface area contributed by atoms with Crippen LogP contribution < -0.4 is 0 Å². The standard InChI is InChI=1S/C13H21NO2S/c1-10-5-12(11-3-4-17-9-11)6-14(10)7-13(15)8-16-2/h3-4,9-10,12-13,15H,5-8H2,1-2H3/t10-,12+,13-/m1/s1. The van der Waals surface area contributed by atoms with Crippen LogP contribution in [0, 0.1) is 0 Å². The second-order valence-corrected chi connectivity index (χ2v) is 5.68. The predicted octanol–water partition coefficient (Wildman–Crippen LogP) is 1.93. The van der Waals surface area contributed by atoms with E-state index in [0.717, 1.165) is 13.1 Å². The molecule has 2 rings (SSSR count). The summed E-state index contributed by atoms with van der Waals surface area (Å²) in [7, 11) is 1.63. The van der Waals surface area contributed by atoms with E-state index < -0.39 is 0 Å². The summed E-state index contributed by atoms with van der Waals surface area (Å²) in [4.78, 5) is 2.37. The summed E-state index contributed by atoms with van der Waals surface area (Å²) in [5.41, 5.74) is 1.45. The average molecular weight is 255 g/mol. The normalized spacial score (nSPS) is 27.5. The van der Waals surface area contributed by atoms with Crippen molar-refractivity contribution in [2.24, 2.45) is 0 Å². The van der Waals surface area contributed by atoms with Gasteiger partial charge in [-0.2, -0.15) is 11.3 Å². The van der Waals surface area contributed by atoms with Crippen molar-refractivity contribution in [2.45, 2.75) is 31.4 Å². The topological polar surface area (TPSA) is 32.7 Å². The molecule has 1 aromatic rings. The third kappa shape index (κ3) is 3.28. The first-order chi connectivity index (χ1) is 8.20. The van der Waals surface area contributed by atoms with Gasteiger partial charge in [0.2, 0.25) is 0 Å². The van der Waals surface area contributed by atoms with Crippen LogP contribution in [0.1, 0.15) is 24.8 Å². The Balaban J connectivity index is 1.89. The lowest BCUT2D eigenvalue weighted by Gasteiger charge is -2.23. The fraction of sp³-hybridized carbons (Fsp3) is 0.692. The second kappa shape index (κ2) is 5.96. The van der Waals surface area contributed by atoms with Gasteiger partial charge in [0.15, 0.2) is 0 Å². The summed E-state index contributed by atoms with van der Waals surface area (Å²) in [5, 5.41) is 14.2. The Hall–Kier alpha value is -0.420. The highest BCUT2D eigenvalue weighted by atomic mass is 32.1. The van der Waals surface area contributed by atoms with Crippen molar-refractivity contribution < 1.29 is 9.84 Å². The Labute approximate surface area is 107 Å². The molecule has 3 atom stereocenters. The molecule has 0 aromatic carbocycles. The average Bonchev–Trinajstić information content (AvgIpc) is 2.89. The molecule has 0 saturated carbocycles. The van der Waals surface area contributed by atoms with Gasteiger partial charge in [-0.25, -0.2) is 0 Å². The summed E-state index contributed by atoms with van der Waals surface area (Å²) >= 11 is 1.76. The Kier molecular flexibility index (Phi) is 4.56. The molecule has 1 aliphatic rings. The van der Waals surface area contributed by atoms with E-state index in [1.807, 2.05) is 0 Å². The number of methoxy groups -OCH3 is 1. The molecule has 0 bridgehead atoms. The number of ether oxygens (including phenoxy) is 1. The van der Waals surface area contributed by atoms with Crippen LogP contribution in [0.5, 0.6) is 0 Å². The van der Waals surface area contributed by atoms with E-state index in [4.69, 9.17) is 4.74 Å². The van der Waals surface area contributed by atoms with Crippen LogP contribution in [0.25, 0.3) is 0 Å². The second-order valence-electron chi connectivity index (χ2n) is 4.90. The molecule has 0 radical (unpaired) electrons. The van der Waals surface area contributed by atoms with E-state index in [9.17, 15) is 5.11 Å². The molecule has 3 nitrogen and oxygen atoms in total. The van der Waals surface area contributed by atoms with E-state index in [0.29, 0.717) is 18.6 Å². The fourth-order valence-electron chi connectivity index (χ4n) is 2.62.